The summed E-state index contributed by atoms with van der Waals surface area (Å²) in [5.41, 5.74) is 14.5. The second-order valence-electron chi connectivity index (χ2n) is 16.8. The van der Waals surface area contributed by atoms with Crippen LogP contribution in [0.3, 0.4) is 0 Å². The number of aromatic nitrogens is 1. The van der Waals surface area contributed by atoms with E-state index in [9.17, 15) is 0 Å². The van der Waals surface area contributed by atoms with Crippen LogP contribution in [0.4, 0.5) is 17.1 Å². The van der Waals surface area contributed by atoms with Crippen LogP contribution in [0.5, 0.6) is 0 Å². The van der Waals surface area contributed by atoms with Crippen molar-refractivity contribution < 1.29 is 8.83 Å². The minimum Gasteiger partial charge on any atom is -0.455 e. The standard InChI is InChI=1S/C60H36N2O2S/c1-6-24-50-43(16-1)44-17-2-7-25-51(44)62(50)40-15-11-14-38(36-40)42-34-35-52(57-49-20-4-9-28-55(49)64-59(42)57)61(53-26-13-23-48-46-19-5-10-29-56(46)65-60(48)53)39-32-30-37(31-33-39)41-21-12-22-47-45-18-3-8-27-54(45)63-58(41)47/h1-36H. The van der Waals surface area contributed by atoms with Gasteiger partial charge in [0.1, 0.15) is 22.3 Å². The summed E-state index contributed by atoms with van der Waals surface area (Å²) in [7, 11) is 0. The van der Waals surface area contributed by atoms with Gasteiger partial charge in [-0.05, 0) is 83.9 Å². The lowest BCUT2D eigenvalue weighted by atomic mass is 9.98. The van der Waals surface area contributed by atoms with Crippen molar-refractivity contribution in [2.45, 2.75) is 0 Å². The van der Waals surface area contributed by atoms with Gasteiger partial charge in [0.2, 0.25) is 0 Å². The van der Waals surface area contributed by atoms with E-state index in [2.05, 4.69) is 216 Å². The van der Waals surface area contributed by atoms with Crippen molar-refractivity contribution >= 4 is 114 Å². The van der Waals surface area contributed by atoms with Gasteiger partial charge in [0.25, 0.3) is 0 Å². The zero-order valence-corrected chi connectivity index (χ0v) is 35.7. The number of hydrogen-bond donors (Lipinski definition) is 0. The molecule has 0 N–H and O–H groups in total. The third-order valence-electron chi connectivity index (χ3n) is 13.2. The molecular formula is C60H36N2O2S. The molecule has 0 fully saturated rings. The predicted octanol–water partition coefficient (Wildman–Crippen LogP) is 17.8. The SMILES string of the molecule is c1cc(-c2ccc(N(c3ccc(-c4cccc5c4oc4ccccc45)cc3)c3cccc4c3sc3ccccc34)c3c2oc2ccccc23)cc(-n2c3ccccc3c3ccccc32)c1. The van der Waals surface area contributed by atoms with E-state index >= 15 is 0 Å². The highest BCUT2D eigenvalue weighted by atomic mass is 32.1. The molecule has 0 saturated carbocycles. The summed E-state index contributed by atoms with van der Waals surface area (Å²) in [5.74, 6) is 0. The maximum atomic E-state index is 7.01. The maximum absolute atomic E-state index is 7.01. The largest absolute Gasteiger partial charge is 0.455 e. The molecule has 0 unspecified atom stereocenters. The van der Waals surface area contributed by atoms with Gasteiger partial charge in [-0.1, -0.05) is 146 Å². The van der Waals surface area contributed by atoms with Crippen LogP contribution < -0.4 is 4.90 Å². The molecule has 4 nitrogen and oxygen atoms in total. The summed E-state index contributed by atoms with van der Waals surface area (Å²) in [6, 6.07) is 78.3. The van der Waals surface area contributed by atoms with Crippen LogP contribution in [0.2, 0.25) is 0 Å². The summed E-state index contributed by atoms with van der Waals surface area (Å²) in [5, 5.41) is 9.37. The summed E-state index contributed by atoms with van der Waals surface area (Å²) in [6.45, 7) is 0. The average molecular weight is 849 g/mol. The molecule has 0 saturated heterocycles. The summed E-state index contributed by atoms with van der Waals surface area (Å²) in [4.78, 5) is 2.44. The van der Waals surface area contributed by atoms with Gasteiger partial charge in [0.05, 0.1) is 32.5 Å². The fraction of sp³-hybridized carbons (Fsp3) is 0. The molecule has 0 atom stereocenters. The molecule has 0 aliphatic heterocycles. The van der Waals surface area contributed by atoms with Gasteiger partial charge in [-0.2, -0.15) is 0 Å². The lowest BCUT2D eigenvalue weighted by molar-refractivity contribution is 0.669. The van der Waals surface area contributed by atoms with E-state index < -0.39 is 0 Å². The quantitative estimate of drug-likeness (QED) is 0.167. The van der Waals surface area contributed by atoms with Crippen LogP contribution >= 0.6 is 11.3 Å². The Balaban J connectivity index is 0.990. The molecule has 0 radical (unpaired) electrons. The van der Waals surface area contributed by atoms with Crippen molar-refractivity contribution in [2.24, 2.45) is 0 Å². The van der Waals surface area contributed by atoms with E-state index in [0.717, 1.165) is 88.9 Å². The molecule has 304 valence electrons. The number of nitrogens with zero attached hydrogens (tertiary/aromatic N) is 2. The normalized spacial score (nSPS) is 12.0. The van der Waals surface area contributed by atoms with E-state index in [1.165, 1.54) is 42.0 Å². The van der Waals surface area contributed by atoms with E-state index in [0.29, 0.717) is 0 Å². The molecule has 14 aromatic rings. The van der Waals surface area contributed by atoms with E-state index in [1.54, 1.807) is 0 Å². The van der Waals surface area contributed by atoms with Gasteiger partial charge < -0.3 is 18.3 Å². The molecule has 4 aromatic heterocycles. The number of thiophene rings is 1. The number of hydrogen-bond acceptors (Lipinski definition) is 4. The van der Waals surface area contributed by atoms with Crippen LogP contribution in [0.15, 0.2) is 227 Å². The van der Waals surface area contributed by atoms with Crippen LogP contribution in [0.1, 0.15) is 0 Å². The topological polar surface area (TPSA) is 34.5 Å². The van der Waals surface area contributed by atoms with Crippen LogP contribution in [-0.2, 0) is 0 Å². The first-order chi connectivity index (χ1) is 32.2. The molecule has 10 aromatic carbocycles. The van der Waals surface area contributed by atoms with E-state index in [1.807, 2.05) is 23.5 Å². The second-order valence-corrected chi connectivity index (χ2v) is 17.8. The fourth-order valence-corrected chi connectivity index (χ4v) is 11.5. The first-order valence-electron chi connectivity index (χ1n) is 22.0. The maximum Gasteiger partial charge on any atom is 0.145 e. The van der Waals surface area contributed by atoms with Crippen molar-refractivity contribution in [1.29, 1.82) is 0 Å². The minimum absolute atomic E-state index is 0.851. The lowest BCUT2D eigenvalue weighted by Gasteiger charge is -2.27. The zero-order chi connectivity index (χ0) is 42.6. The molecule has 4 heterocycles. The van der Waals surface area contributed by atoms with Crippen LogP contribution in [0.25, 0.3) is 114 Å². The Kier molecular flexibility index (Phi) is 7.82. The third kappa shape index (κ3) is 5.43. The highest BCUT2D eigenvalue weighted by Gasteiger charge is 2.25. The molecular weight excluding hydrogens is 813 g/mol. The van der Waals surface area contributed by atoms with Crippen molar-refractivity contribution in [3.8, 4) is 27.9 Å². The number of benzene rings is 10. The number of rotatable bonds is 6. The van der Waals surface area contributed by atoms with Gasteiger partial charge in [-0.15, -0.1) is 11.3 Å². The van der Waals surface area contributed by atoms with Crippen LogP contribution in [-0.4, -0.2) is 4.57 Å². The van der Waals surface area contributed by atoms with Crippen LogP contribution in [0, 0.1) is 0 Å². The number of anilines is 3. The lowest BCUT2D eigenvalue weighted by Crippen LogP contribution is -2.10. The van der Waals surface area contributed by atoms with Gasteiger partial charge >= 0.3 is 0 Å². The van der Waals surface area contributed by atoms with Gasteiger partial charge in [0, 0.05) is 64.9 Å². The van der Waals surface area contributed by atoms with E-state index in [-0.39, 0.29) is 0 Å². The molecule has 5 heteroatoms. The highest BCUT2D eigenvalue weighted by molar-refractivity contribution is 7.26. The smallest absolute Gasteiger partial charge is 0.145 e. The Bertz CT molecular complexity index is 4150. The van der Waals surface area contributed by atoms with Crippen molar-refractivity contribution in [1.82, 2.24) is 4.57 Å². The molecule has 65 heavy (non-hydrogen) atoms. The van der Waals surface area contributed by atoms with Gasteiger partial charge in [-0.25, -0.2) is 0 Å². The molecule has 0 spiro atoms. The minimum atomic E-state index is 0.851. The van der Waals surface area contributed by atoms with Crippen molar-refractivity contribution in [3.63, 3.8) is 0 Å². The average Bonchev–Trinajstić information content (AvgIpc) is 4.14. The summed E-state index contributed by atoms with van der Waals surface area (Å²) < 4.78 is 18.4. The Morgan fingerprint density at radius 3 is 1.78 bits per heavy atom. The number of furan rings is 2. The summed E-state index contributed by atoms with van der Waals surface area (Å²) in [6.07, 6.45) is 0. The number of fused-ring (bicyclic) bond motifs is 12. The second kappa shape index (κ2) is 14.1. The molecule has 0 amide bonds. The third-order valence-corrected chi connectivity index (χ3v) is 14.4. The first-order valence-corrected chi connectivity index (χ1v) is 22.8. The number of para-hydroxylation sites is 5. The zero-order valence-electron chi connectivity index (χ0n) is 34.9. The predicted molar refractivity (Wildman–Crippen MR) is 274 cm³/mol. The van der Waals surface area contributed by atoms with Crippen molar-refractivity contribution in [2.75, 3.05) is 4.90 Å². The Morgan fingerprint density at radius 2 is 0.985 bits per heavy atom. The molecule has 14 rings (SSSR count). The van der Waals surface area contributed by atoms with Gasteiger partial charge in [-0.3, -0.25) is 0 Å². The Morgan fingerprint density at radius 1 is 0.385 bits per heavy atom. The van der Waals surface area contributed by atoms with Crippen molar-refractivity contribution in [3.05, 3.63) is 218 Å². The summed E-state index contributed by atoms with van der Waals surface area (Å²) >= 11 is 1.84. The molecule has 0 bridgehead atoms. The monoisotopic (exact) mass is 848 g/mol. The van der Waals surface area contributed by atoms with Gasteiger partial charge in [0.15, 0.2) is 0 Å². The Hall–Kier alpha value is -8.38. The molecule has 0 aliphatic carbocycles. The van der Waals surface area contributed by atoms with E-state index in [4.69, 9.17) is 8.83 Å². The first kappa shape index (κ1) is 36.1. The Labute approximate surface area is 377 Å². The highest BCUT2D eigenvalue weighted by Crippen LogP contribution is 2.50. The molecule has 0 aliphatic rings. The fourth-order valence-electron chi connectivity index (χ4n) is 10.3.